The molecule has 4 nitrogen and oxygen atoms in total. The van der Waals surface area contributed by atoms with Crippen molar-refractivity contribution >= 4 is 41.2 Å². The number of carbonyl (C=O) groups excluding carboxylic acids is 2. The largest absolute Gasteiger partial charge is 0.272 e. The lowest BCUT2D eigenvalue weighted by Gasteiger charge is -2.37. The molecule has 2 saturated carbocycles. The molecule has 1 aliphatic heterocycles. The van der Waals surface area contributed by atoms with E-state index >= 15 is 0 Å². The maximum absolute atomic E-state index is 12.8. The first-order chi connectivity index (χ1) is 11.6. The quantitative estimate of drug-likeness (QED) is 0.461. The fraction of sp³-hybridized carbons (Fsp3) is 0.389. The van der Waals surface area contributed by atoms with E-state index in [1.807, 2.05) is 0 Å². The molecule has 4 aliphatic carbocycles. The van der Waals surface area contributed by atoms with Gasteiger partial charge in [0.25, 0.3) is 11.8 Å². The number of rotatable bonds is 2. The van der Waals surface area contributed by atoms with Gasteiger partial charge >= 0.3 is 0 Å². The predicted molar refractivity (Wildman–Crippen MR) is 90.6 cm³/mol. The molecule has 0 spiro atoms. The Morgan fingerprint density at radius 2 is 1.67 bits per heavy atom. The van der Waals surface area contributed by atoms with Gasteiger partial charge < -0.3 is 0 Å². The summed E-state index contributed by atoms with van der Waals surface area (Å²) in [6.45, 7) is 0. The second-order valence-corrected chi connectivity index (χ2v) is 7.90. The van der Waals surface area contributed by atoms with E-state index in [-0.39, 0.29) is 35.5 Å². The first-order valence-corrected chi connectivity index (χ1v) is 8.87. The topological polar surface area (TPSA) is 49.7 Å². The molecular weight excluding hydrogens is 347 g/mol. The molecule has 122 valence electrons. The van der Waals surface area contributed by atoms with Crippen LogP contribution in [-0.4, -0.2) is 23.0 Å². The van der Waals surface area contributed by atoms with Gasteiger partial charge in [0.2, 0.25) is 0 Å². The van der Waals surface area contributed by atoms with Crippen LogP contribution in [0.25, 0.3) is 0 Å². The summed E-state index contributed by atoms with van der Waals surface area (Å²) in [6, 6.07) is 5.02. The van der Waals surface area contributed by atoms with Gasteiger partial charge in [-0.05, 0) is 42.2 Å². The lowest BCUT2D eigenvalue weighted by molar-refractivity contribution is -0.140. The Morgan fingerprint density at radius 1 is 1.04 bits per heavy atom. The van der Waals surface area contributed by atoms with Crippen molar-refractivity contribution in [3.8, 4) is 0 Å². The standard InChI is InChI=1S/C18H14Cl2N2O2/c19-9-2-1-8(14(20)5-9)7-21-22-17(23)15-10-3-4-11(13-6-12(10)13)16(15)18(22)24/h1-5,7,10-13,15-16H,6H2/t10-,11-,12-,13+,15-,16+/m0/s1. The van der Waals surface area contributed by atoms with Crippen LogP contribution in [0.3, 0.4) is 0 Å². The Kier molecular flexibility index (Phi) is 3.01. The summed E-state index contributed by atoms with van der Waals surface area (Å²) >= 11 is 12.0. The average Bonchev–Trinajstić information content (AvgIpc) is 3.33. The number of halogens is 2. The van der Waals surface area contributed by atoms with E-state index < -0.39 is 0 Å². The number of hydrogen-bond donors (Lipinski definition) is 0. The number of hydrogen-bond acceptors (Lipinski definition) is 3. The zero-order chi connectivity index (χ0) is 16.6. The molecule has 6 heteroatoms. The molecule has 0 aromatic heterocycles. The third-order valence-corrected chi connectivity index (χ3v) is 6.48. The molecule has 5 aliphatic rings. The molecule has 3 fully saturated rings. The van der Waals surface area contributed by atoms with Crippen LogP contribution in [0.15, 0.2) is 35.5 Å². The highest BCUT2D eigenvalue weighted by atomic mass is 35.5. The van der Waals surface area contributed by atoms with E-state index in [0.29, 0.717) is 27.4 Å². The molecule has 0 N–H and O–H groups in total. The second-order valence-electron chi connectivity index (χ2n) is 7.05. The molecule has 1 aromatic carbocycles. The minimum atomic E-state index is -0.228. The smallest absolute Gasteiger partial charge is 0.254 e. The lowest BCUT2D eigenvalue weighted by Crippen LogP contribution is -2.40. The normalized spacial score (nSPS) is 38.8. The summed E-state index contributed by atoms with van der Waals surface area (Å²) in [6.07, 6.45) is 6.91. The fourth-order valence-electron chi connectivity index (χ4n) is 4.78. The Labute approximate surface area is 149 Å². The van der Waals surface area contributed by atoms with Crippen LogP contribution < -0.4 is 0 Å². The number of carbonyl (C=O) groups is 2. The van der Waals surface area contributed by atoms with E-state index in [1.165, 1.54) is 6.21 Å². The number of imide groups is 1. The summed E-state index contributed by atoms with van der Waals surface area (Å²) in [4.78, 5) is 25.5. The van der Waals surface area contributed by atoms with E-state index in [0.717, 1.165) is 11.4 Å². The van der Waals surface area contributed by atoms with E-state index in [1.54, 1.807) is 18.2 Å². The van der Waals surface area contributed by atoms with Gasteiger partial charge in [-0.3, -0.25) is 9.59 Å². The highest BCUT2D eigenvalue weighted by Gasteiger charge is 2.67. The van der Waals surface area contributed by atoms with Crippen LogP contribution in [0.5, 0.6) is 0 Å². The molecule has 6 atom stereocenters. The third kappa shape index (κ3) is 1.90. The molecule has 1 heterocycles. The van der Waals surface area contributed by atoms with E-state index in [9.17, 15) is 9.59 Å². The van der Waals surface area contributed by atoms with Crippen LogP contribution in [0.4, 0.5) is 0 Å². The van der Waals surface area contributed by atoms with Crippen molar-refractivity contribution in [1.29, 1.82) is 0 Å². The maximum Gasteiger partial charge on any atom is 0.254 e. The van der Waals surface area contributed by atoms with Crippen molar-refractivity contribution in [2.24, 2.45) is 40.6 Å². The Hall–Kier alpha value is -1.65. The summed E-state index contributed by atoms with van der Waals surface area (Å²) < 4.78 is 0. The number of amides is 2. The van der Waals surface area contributed by atoms with Gasteiger partial charge in [-0.2, -0.15) is 10.1 Å². The molecule has 0 radical (unpaired) electrons. The van der Waals surface area contributed by atoms with Crippen molar-refractivity contribution in [3.63, 3.8) is 0 Å². The van der Waals surface area contributed by atoms with Crippen molar-refractivity contribution in [3.05, 3.63) is 46.0 Å². The molecule has 2 amide bonds. The monoisotopic (exact) mass is 360 g/mol. The Balaban J connectivity index is 1.45. The molecule has 6 rings (SSSR count). The third-order valence-electron chi connectivity index (χ3n) is 5.91. The van der Waals surface area contributed by atoms with Crippen LogP contribution in [0.2, 0.25) is 10.0 Å². The lowest BCUT2D eigenvalue weighted by atomic mass is 9.63. The zero-order valence-electron chi connectivity index (χ0n) is 12.6. The Bertz CT molecular complexity index is 798. The van der Waals surface area contributed by atoms with Crippen LogP contribution in [0.1, 0.15) is 12.0 Å². The van der Waals surface area contributed by atoms with Gasteiger partial charge in [0.05, 0.1) is 23.1 Å². The Morgan fingerprint density at radius 3 is 2.25 bits per heavy atom. The highest BCUT2D eigenvalue weighted by molar-refractivity contribution is 6.36. The molecule has 2 bridgehead atoms. The van der Waals surface area contributed by atoms with Crippen LogP contribution in [0, 0.1) is 35.5 Å². The zero-order valence-corrected chi connectivity index (χ0v) is 14.1. The molecule has 1 saturated heterocycles. The average molecular weight is 361 g/mol. The van der Waals surface area contributed by atoms with E-state index in [2.05, 4.69) is 17.3 Å². The first kappa shape index (κ1) is 14.7. The van der Waals surface area contributed by atoms with Crippen molar-refractivity contribution in [1.82, 2.24) is 5.01 Å². The SMILES string of the molecule is O=C1[C@@H]2[C@H]3C=C[C@@H]([C@@H]4C[C@H]34)[C@@H]2C(=O)N1N=Cc1ccc(Cl)cc1Cl. The summed E-state index contributed by atoms with van der Waals surface area (Å²) in [5.74, 6) is 0.803. The maximum atomic E-state index is 12.8. The minimum absolute atomic E-state index is 0.170. The number of nitrogens with zero attached hydrogens (tertiary/aromatic N) is 2. The number of hydrazone groups is 1. The van der Waals surface area contributed by atoms with Gasteiger partial charge in [0.1, 0.15) is 0 Å². The van der Waals surface area contributed by atoms with Crippen molar-refractivity contribution in [2.75, 3.05) is 0 Å². The number of benzene rings is 1. The highest BCUT2D eigenvalue weighted by Crippen LogP contribution is 2.65. The van der Waals surface area contributed by atoms with Crippen LogP contribution >= 0.6 is 23.2 Å². The summed E-state index contributed by atoms with van der Waals surface area (Å²) in [5, 5.41) is 6.18. The van der Waals surface area contributed by atoms with Gasteiger partial charge in [0.15, 0.2) is 0 Å². The van der Waals surface area contributed by atoms with Crippen LogP contribution in [-0.2, 0) is 9.59 Å². The van der Waals surface area contributed by atoms with Gasteiger partial charge in [-0.25, -0.2) is 0 Å². The fourth-order valence-corrected chi connectivity index (χ4v) is 5.24. The summed E-state index contributed by atoms with van der Waals surface area (Å²) in [5.41, 5.74) is 0.625. The van der Waals surface area contributed by atoms with Gasteiger partial charge in [-0.1, -0.05) is 41.4 Å². The van der Waals surface area contributed by atoms with E-state index in [4.69, 9.17) is 23.2 Å². The summed E-state index contributed by atoms with van der Waals surface area (Å²) in [7, 11) is 0. The minimum Gasteiger partial charge on any atom is -0.272 e. The number of allylic oxidation sites excluding steroid dienone is 2. The first-order valence-electron chi connectivity index (χ1n) is 8.11. The predicted octanol–water partition coefficient (Wildman–Crippen LogP) is 3.38. The van der Waals surface area contributed by atoms with Crippen molar-refractivity contribution in [2.45, 2.75) is 6.42 Å². The molecule has 1 aromatic rings. The molecule has 0 unspecified atom stereocenters. The second kappa shape index (κ2) is 4.93. The van der Waals surface area contributed by atoms with Gasteiger partial charge in [0, 0.05) is 10.6 Å². The molecular formula is C18H14Cl2N2O2. The van der Waals surface area contributed by atoms with Gasteiger partial charge in [-0.15, -0.1) is 0 Å². The molecule has 24 heavy (non-hydrogen) atoms. The van der Waals surface area contributed by atoms with Crippen molar-refractivity contribution < 1.29 is 9.59 Å².